The lowest BCUT2D eigenvalue weighted by atomic mass is 10.2. The van der Waals surface area contributed by atoms with E-state index in [9.17, 15) is 9.59 Å². The first-order valence-electron chi connectivity index (χ1n) is 7.34. The van der Waals surface area contributed by atoms with Gasteiger partial charge in [-0.1, -0.05) is 6.07 Å². The van der Waals surface area contributed by atoms with Gasteiger partial charge in [0, 0.05) is 0 Å². The predicted octanol–water partition coefficient (Wildman–Crippen LogP) is 2.05. The molecule has 7 nitrogen and oxygen atoms in total. The number of hydrogen-bond acceptors (Lipinski definition) is 5. The average Bonchev–Trinajstić information content (AvgIpc) is 2.89. The Morgan fingerprint density at radius 3 is 2.46 bits per heavy atom. The van der Waals surface area contributed by atoms with Crippen molar-refractivity contribution in [3.05, 3.63) is 46.9 Å². The summed E-state index contributed by atoms with van der Waals surface area (Å²) in [5, 5.41) is 0. The molecule has 2 amide bonds. The number of benzene rings is 1. The van der Waals surface area contributed by atoms with Gasteiger partial charge in [-0.3, -0.25) is 20.4 Å². The fraction of sp³-hybridized carbons (Fsp3) is 0.294. The van der Waals surface area contributed by atoms with Crippen LogP contribution in [0, 0.1) is 20.8 Å². The normalized spacial score (nSPS) is 10.2. The molecule has 7 heteroatoms. The Balaban J connectivity index is 1.86. The molecule has 0 radical (unpaired) electrons. The SMILES string of the molecule is COc1cc(C)ccc1OCC(=O)NNC(=O)c1cc(C)oc1C. The van der Waals surface area contributed by atoms with Gasteiger partial charge < -0.3 is 13.9 Å². The Labute approximate surface area is 139 Å². The molecular weight excluding hydrogens is 312 g/mol. The van der Waals surface area contributed by atoms with E-state index in [1.165, 1.54) is 7.11 Å². The molecule has 1 heterocycles. The van der Waals surface area contributed by atoms with Crippen LogP contribution < -0.4 is 20.3 Å². The van der Waals surface area contributed by atoms with Crippen LogP contribution in [0.4, 0.5) is 0 Å². The minimum absolute atomic E-state index is 0.261. The van der Waals surface area contributed by atoms with E-state index in [1.807, 2.05) is 13.0 Å². The number of carbonyl (C=O) groups excluding carboxylic acids is 2. The van der Waals surface area contributed by atoms with E-state index in [1.54, 1.807) is 32.0 Å². The van der Waals surface area contributed by atoms with Crippen molar-refractivity contribution in [2.75, 3.05) is 13.7 Å². The van der Waals surface area contributed by atoms with Crippen molar-refractivity contribution in [1.82, 2.24) is 10.9 Å². The third kappa shape index (κ3) is 4.28. The predicted molar refractivity (Wildman–Crippen MR) is 87.0 cm³/mol. The van der Waals surface area contributed by atoms with E-state index in [2.05, 4.69) is 10.9 Å². The lowest BCUT2D eigenvalue weighted by Crippen LogP contribution is -2.43. The largest absolute Gasteiger partial charge is 0.493 e. The highest BCUT2D eigenvalue weighted by atomic mass is 16.5. The number of carbonyl (C=O) groups is 2. The van der Waals surface area contributed by atoms with Gasteiger partial charge in [-0.25, -0.2) is 0 Å². The summed E-state index contributed by atoms with van der Waals surface area (Å²) in [6.07, 6.45) is 0. The third-order valence-electron chi connectivity index (χ3n) is 3.28. The first-order valence-corrected chi connectivity index (χ1v) is 7.34. The summed E-state index contributed by atoms with van der Waals surface area (Å²) < 4.78 is 15.9. The molecule has 0 spiro atoms. The van der Waals surface area contributed by atoms with Gasteiger partial charge in [0.2, 0.25) is 0 Å². The summed E-state index contributed by atoms with van der Waals surface area (Å²) in [5.74, 6) is 1.15. The van der Waals surface area contributed by atoms with E-state index in [0.717, 1.165) is 5.56 Å². The zero-order valence-corrected chi connectivity index (χ0v) is 14.1. The molecule has 2 rings (SSSR count). The van der Waals surface area contributed by atoms with Crippen molar-refractivity contribution >= 4 is 11.8 Å². The fourth-order valence-corrected chi connectivity index (χ4v) is 2.12. The first kappa shape index (κ1) is 17.4. The average molecular weight is 332 g/mol. The zero-order valence-electron chi connectivity index (χ0n) is 14.1. The number of furan rings is 1. The number of amides is 2. The van der Waals surface area contributed by atoms with E-state index in [-0.39, 0.29) is 6.61 Å². The molecule has 1 aromatic heterocycles. The number of hydrazine groups is 1. The van der Waals surface area contributed by atoms with Crippen LogP contribution in [0.5, 0.6) is 11.5 Å². The van der Waals surface area contributed by atoms with Crippen LogP contribution in [-0.4, -0.2) is 25.5 Å². The molecule has 0 atom stereocenters. The molecule has 0 aliphatic rings. The number of rotatable bonds is 5. The van der Waals surface area contributed by atoms with E-state index < -0.39 is 11.8 Å². The van der Waals surface area contributed by atoms with Crippen LogP contribution in [0.15, 0.2) is 28.7 Å². The third-order valence-corrected chi connectivity index (χ3v) is 3.28. The minimum atomic E-state index is -0.496. The Morgan fingerprint density at radius 1 is 1.08 bits per heavy atom. The molecule has 0 saturated carbocycles. The summed E-state index contributed by atoms with van der Waals surface area (Å²) in [6, 6.07) is 6.97. The Morgan fingerprint density at radius 2 is 1.83 bits per heavy atom. The maximum absolute atomic E-state index is 11.9. The highest BCUT2D eigenvalue weighted by Crippen LogP contribution is 2.27. The van der Waals surface area contributed by atoms with Crippen LogP contribution in [-0.2, 0) is 4.79 Å². The molecule has 0 bridgehead atoms. The fourth-order valence-electron chi connectivity index (χ4n) is 2.12. The van der Waals surface area contributed by atoms with Crippen molar-refractivity contribution in [3.63, 3.8) is 0 Å². The van der Waals surface area contributed by atoms with Gasteiger partial charge in [0.05, 0.1) is 12.7 Å². The lowest BCUT2D eigenvalue weighted by molar-refractivity contribution is -0.123. The number of nitrogens with one attached hydrogen (secondary N) is 2. The summed E-state index contributed by atoms with van der Waals surface area (Å²) in [6.45, 7) is 5.08. The van der Waals surface area contributed by atoms with Gasteiger partial charge in [0.15, 0.2) is 18.1 Å². The molecular formula is C17H20N2O5. The highest BCUT2D eigenvalue weighted by molar-refractivity contribution is 5.96. The standard InChI is InChI=1S/C17H20N2O5/c1-10-5-6-14(15(7-10)22-4)23-9-16(20)18-19-17(21)13-8-11(2)24-12(13)3/h5-8H,9H2,1-4H3,(H,18,20)(H,19,21). The highest BCUT2D eigenvalue weighted by Gasteiger charge is 2.14. The Bertz CT molecular complexity index is 751. The summed E-state index contributed by atoms with van der Waals surface area (Å²) >= 11 is 0. The first-order chi connectivity index (χ1) is 11.4. The quantitative estimate of drug-likeness (QED) is 0.818. The topological polar surface area (TPSA) is 89.8 Å². The van der Waals surface area contributed by atoms with Gasteiger partial charge in [-0.15, -0.1) is 0 Å². The Kier molecular flexibility index (Phi) is 5.47. The van der Waals surface area contributed by atoms with Gasteiger partial charge >= 0.3 is 0 Å². The second-order valence-electron chi connectivity index (χ2n) is 5.27. The Hall–Kier alpha value is -2.96. The zero-order chi connectivity index (χ0) is 17.7. The number of methoxy groups -OCH3 is 1. The molecule has 0 aliphatic carbocycles. The molecule has 0 unspecified atom stereocenters. The van der Waals surface area contributed by atoms with Crippen molar-refractivity contribution in [3.8, 4) is 11.5 Å². The summed E-state index contributed by atoms with van der Waals surface area (Å²) in [7, 11) is 1.52. The molecule has 24 heavy (non-hydrogen) atoms. The van der Waals surface area contributed by atoms with Crippen LogP contribution in [0.1, 0.15) is 27.4 Å². The van der Waals surface area contributed by atoms with Crippen LogP contribution >= 0.6 is 0 Å². The van der Waals surface area contributed by atoms with Gasteiger partial charge in [0.1, 0.15) is 11.5 Å². The van der Waals surface area contributed by atoms with E-state index in [0.29, 0.717) is 28.6 Å². The molecule has 2 N–H and O–H groups in total. The molecule has 0 saturated heterocycles. The minimum Gasteiger partial charge on any atom is -0.493 e. The summed E-state index contributed by atoms with van der Waals surface area (Å²) in [5.41, 5.74) is 5.99. The van der Waals surface area contributed by atoms with Crippen molar-refractivity contribution < 1.29 is 23.5 Å². The molecule has 0 aliphatic heterocycles. The molecule has 2 aromatic rings. The van der Waals surface area contributed by atoms with Crippen molar-refractivity contribution in [2.24, 2.45) is 0 Å². The smallest absolute Gasteiger partial charge is 0.276 e. The molecule has 1 aromatic carbocycles. The lowest BCUT2D eigenvalue weighted by Gasteiger charge is -2.11. The van der Waals surface area contributed by atoms with Crippen molar-refractivity contribution in [1.29, 1.82) is 0 Å². The van der Waals surface area contributed by atoms with Crippen LogP contribution in [0.3, 0.4) is 0 Å². The maximum atomic E-state index is 11.9. The monoisotopic (exact) mass is 332 g/mol. The van der Waals surface area contributed by atoms with Gasteiger partial charge in [0.25, 0.3) is 11.8 Å². The van der Waals surface area contributed by atoms with Crippen LogP contribution in [0.25, 0.3) is 0 Å². The number of aryl methyl sites for hydroxylation is 3. The number of hydrogen-bond donors (Lipinski definition) is 2. The second-order valence-corrected chi connectivity index (χ2v) is 5.27. The molecule has 0 fully saturated rings. The van der Waals surface area contributed by atoms with E-state index in [4.69, 9.17) is 13.9 Å². The maximum Gasteiger partial charge on any atom is 0.276 e. The number of ether oxygens (including phenoxy) is 2. The summed E-state index contributed by atoms with van der Waals surface area (Å²) in [4.78, 5) is 23.7. The van der Waals surface area contributed by atoms with Crippen LogP contribution in [0.2, 0.25) is 0 Å². The van der Waals surface area contributed by atoms with E-state index >= 15 is 0 Å². The second kappa shape index (κ2) is 7.54. The van der Waals surface area contributed by atoms with Gasteiger partial charge in [-0.2, -0.15) is 0 Å². The molecule has 128 valence electrons. The van der Waals surface area contributed by atoms with Gasteiger partial charge in [-0.05, 0) is 44.5 Å². The van der Waals surface area contributed by atoms with Crippen molar-refractivity contribution in [2.45, 2.75) is 20.8 Å².